The van der Waals surface area contributed by atoms with Gasteiger partial charge in [-0.3, -0.25) is 19.1 Å². The Morgan fingerprint density at radius 1 is 0.845 bits per heavy atom. The average molecular weight is 814 g/mol. The number of hydrogen-bond donors (Lipinski definition) is 3. The van der Waals surface area contributed by atoms with Crippen LogP contribution in [0.2, 0.25) is 0 Å². The van der Waals surface area contributed by atoms with Gasteiger partial charge >= 0.3 is 6.18 Å². The molecule has 1 unspecified atom stereocenters. The molecule has 1 aliphatic rings. The number of ether oxygens (including phenoxy) is 1. The fraction of sp³-hybridized carbons (Fsp3) is 0.190. The Bertz CT molecular complexity index is 2440. The summed E-state index contributed by atoms with van der Waals surface area (Å²) in [5, 5.41) is 2.52. The number of anilines is 1. The first-order valence-electron chi connectivity index (χ1n) is 17.7. The summed E-state index contributed by atoms with van der Waals surface area (Å²) in [5.74, 6) is -1.89. The molecule has 5 aromatic rings. The van der Waals surface area contributed by atoms with Crippen LogP contribution in [0.1, 0.15) is 49.9 Å². The topological polar surface area (TPSA) is 156 Å². The molecule has 58 heavy (non-hydrogen) atoms. The second-order valence-corrected chi connectivity index (χ2v) is 15.3. The molecular formula is C42H38F3N5O7S. The quantitative estimate of drug-likeness (QED) is 0.121. The van der Waals surface area contributed by atoms with Crippen LogP contribution < -0.4 is 20.3 Å². The molecule has 0 radical (unpaired) electrons. The van der Waals surface area contributed by atoms with Crippen molar-refractivity contribution in [1.29, 1.82) is 0 Å². The molecule has 300 valence electrons. The van der Waals surface area contributed by atoms with Gasteiger partial charge in [0.1, 0.15) is 12.3 Å². The molecule has 0 bridgehead atoms. The summed E-state index contributed by atoms with van der Waals surface area (Å²) < 4.78 is 71.2. The van der Waals surface area contributed by atoms with Crippen molar-refractivity contribution in [2.24, 2.45) is 4.99 Å². The molecule has 0 aromatic heterocycles. The third-order valence-electron chi connectivity index (χ3n) is 9.01. The van der Waals surface area contributed by atoms with E-state index in [0.717, 1.165) is 39.5 Å². The van der Waals surface area contributed by atoms with Gasteiger partial charge in [0.2, 0.25) is 21.8 Å². The Labute approximate surface area is 332 Å². The molecule has 12 nitrogen and oxygen atoms in total. The van der Waals surface area contributed by atoms with Gasteiger partial charge in [0.25, 0.3) is 11.8 Å². The van der Waals surface area contributed by atoms with Gasteiger partial charge in [0.15, 0.2) is 6.17 Å². The van der Waals surface area contributed by atoms with Crippen molar-refractivity contribution >= 4 is 39.3 Å². The summed E-state index contributed by atoms with van der Waals surface area (Å²) in [6.45, 7) is 1.34. The van der Waals surface area contributed by atoms with Crippen LogP contribution >= 0.6 is 0 Å². The second kappa shape index (κ2) is 17.3. The van der Waals surface area contributed by atoms with Crippen LogP contribution in [-0.2, 0) is 43.6 Å². The number of methoxy groups -OCH3 is 1. The molecule has 0 spiro atoms. The van der Waals surface area contributed by atoms with Gasteiger partial charge in [-0.2, -0.15) is 13.2 Å². The molecule has 6 rings (SSSR count). The minimum absolute atomic E-state index is 0.00583. The maximum absolute atomic E-state index is 13.7. The predicted molar refractivity (Wildman–Crippen MR) is 211 cm³/mol. The van der Waals surface area contributed by atoms with Crippen molar-refractivity contribution in [2.45, 2.75) is 32.2 Å². The lowest BCUT2D eigenvalue weighted by atomic mass is 10.0. The minimum Gasteiger partial charge on any atom is -0.497 e. The first kappa shape index (κ1) is 41.1. The first-order valence-corrected chi connectivity index (χ1v) is 19.6. The smallest absolute Gasteiger partial charge is 0.416 e. The highest BCUT2D eigenvalue weighted by Crippen LogP contribution is 2.35. The fourth-order valence-corrected chi connectivity index (χ4v) is 6.58. The van der Waals surface area contributed by atoms with Gasteiger partial charge in [-0.05, 0) is 83.3 Å². The molecule has 1 heterocycles. The fourth-order valence-electron chi connectivity index (χ4n) is 6.10. The second-order valence-electron chi connectivity index (χ2n) is 13.5. The standard InChI is InChI=1S/C42H38F3N5O7S/c1-26-4-8-28(9-5-26)29-12-14-31(15-13-29)40-47-39(48-57-40)30-10-6-27(7-11-30)24-50(25-38(52)49-58(3,54)55)41(53)32-16-19-34(20-17-32)46-37(51)22-33-18-21-35(56-2)23-36(33)42(43,44)45/h4-21,23,39,48H,22,24-25H2,1-3H3,(H,46,51)(H,49,52). The SMILES string of the molecule is COc1ccc(CC(=O)Nc2ccc(C(=O)N(CC(=O)NS(C)(=O)=O)Cc3ccc(C4N=C(c5ccc(-c6ccc(C)cc6)cc5)ON4)cc3)cc2)c(C(F)(F)F)c1. The number of amides is 3. The summed E-state index contributed by atoms with van der Waals surface area (Å²) in [6, 6.07) is 31.9. The molecular weight excluding hydrogens is 776 g/mol. The number of nitrogens with one attached hydrogen (secondary N) is 3. The number of nitrogens with zero attached hydrogens (tertiary/aromatic N) is 2. The van der Waals surface area contributed by atoms with Gasteiger partial charge < -0.3 is 19.8 Å². The van der Waals surface area contributed by atoms with Gasteiger partial charge in [-0.25, -0.2) is 13.4 Å². The lowest BCUT2D eigenvalue weighted by Gasteiger charge is -2.23. The van der Waals surface area contributed by atoms with E-state index < -0.39 is 58.6 Å². The summed E-state index contributed by atoms with van der Waals surface area (Å²) in [7, 11) is -2.68. The van der Waals surface area contributed by atoms with Crippen LogP contribution in [0.5, 0.6) is 5.75 Å². The van der Waals surface area contributed by atoms with Crippen LogP contribution in [-0.4, -0.2) is 56.8 Å². The van der Waals surface area contributed by atoms with Crippen molar-refractivity contribution in [3.63, 3.8) is 0 Å². The number of alkyl halides is 3. The number of carbonyl (C=O) groups is 3. The van der Waals surface area contributed by atoms with E-state index >= 15 is 0 Å². The van der Waals surface area contributed by atoms with E-state index in [0.29, 0.717) is 11.5 Å². The normalized spacial score (nSPS) is 13.9. The molecule has 5 aromatic carbocycles. The third-order valence-corrected chi connectivity index (χ3v) is 9.61. The number of halogens is 3. The van der Waals surface area contributed by atoms with Crippen LogP contribution in [0, 0.1) is 6.92 Å². The number of rotatable bonds is 13. The monoisotopic (exact) mass is 813 g/mol. The van der Waals surface area contributed by atoms with E-state index in [1.807, 2.05) is 35.9 Å². The van der Waals surface area contributed by atoms with E-state index in [1.165, 1.54) is 49.1 Å². The third kappa shape index (κ3) is 10.7. The number of sulfonamides is 1. The summed E-state index contributed by atoms with van der Waals surface area (Å²) in [4.78, 5) is 50.6. The van der Waals surface area contributed by atoms with E-state index in [9.17, 15) is 36.0 Å². The van der Waals surface area contributed by atoms with Crippen LogP contribution in [0.3, 0.4) is 0 Å². The molecule has 3 amide bonds. The number of aliphatic imine (C=N–C) groups is 1. The molecule has 16 heteroatoms. The number of carbonyl (C=O) groups excluding carboxylic acids is 3. The Balaban J connectivity index is 1.12. The zero-order valence-corrected chi connectivity index (χ0v) is 32.3. The molecule has 0 saturated heterocycles. The van der Waals surface area contributed by atoms with Crippen molar-refractivity contribution in [1.82, 2.24) is 15.1 Å². The number of benzene rings is 5. The van der Waals surface area contributed by atoms with Crippen LogP contribution in [0.4, 0.5) is 18.9 Å². The van der Waals surface area contributed by atoms with E-state index in [2.05, 4.69) is 40.1 Å². The van der Waals surface area contributed by atoms with Gasteiger partial charge in [0.05, 0.1) is 25.3 Å². The highest BCUT2D eigenvalue weighted by Gasteiger charge is 2.34. The minimum atomic E-state index is -4.71. The Hall–Kier alpha value is -6.52. The lowest BCUT2D eigenvalue weighted by molar-refractivity contribution is -0.138. The molecule has 0 aliphatic carbocycles. The first-order chi connectivity index (χ1) is 27.5. The predicted octanol–water partition coefficient (Wildman–Crippen LogP) is 6.57. The van der Waals surface area contributed by atoms with Crippen molar-refractivity contribution in [2.75, 3.05) is 25.2 Å². The zero-order valence-electron chi connectivity index (χ0n) is 31.5. The van der Waals surface area contributed by atoms with Crippen molar-refractivity contribution < 1.29 is 45.5 Å². The Kier molecular flexibility index (Phi) is 12.3. The van der Waals surface area contributed by atoms with Gasteiger partial charge in [-0.15, -0.1) is 5.48 Å². The Morgan fingerprint density at radius 3 is 2.07 bits per heavy atom. The van der Waals surface area contributed by atoms with E-state index in [4.69, 9.17) is 9.57 Å². The maximum Gasteiger partial charge on any atom is 0.416 e. The summed E-state index contributed by atoms with van der Waals surface area (Å²) in [5.41, 5.74) is 7.43. The zero-order chi connectivity index (χ0) is 41.6. The van der Waals surface area contributed by atoms with Crippen LogP contribution in [0.15, 0.2) is 120 Å². The van der Waals surface area contributed by atoms with E-state index in [-0.39, 0.29) is 29.1 Å². The molecule has 1 aliphatic heterocycles. The van der Waals surface area contributed by atoms with Crippen molar-refractivity contribution in [3.05, 3.63) is 154 Å². The maximum atomic E-state index is 13.7. The molecule has 3 N–H and O–H groups in total. The molecule has 0 fully saturated rings. The van der Waals surface area contributed by atoms with Gasteiger partial charge in [-0.1, -0.05) is 72.3 Å². The molecule has 1 atom stereocenters. The van der Waals surface area contributed by atoms with Crippen LogP contribution in [0.25, 0.3) is 11.1 Å². The number of hydrogen-bond acceptors (Lipinski definition) is 9. The number of hydroxylamine groups is 1. The number of aryl methyl sites for hydroxylation is 1. The summed E-state index contributed by atoms with van der Waals surface area (Å²) >= 11 is 0. The van der Waals surface area contributed by atoms with Crippen molar-refractivity contribution in [3.8, 4) is 16.9 Å². The van der Waals surface area contributed by atoms with Gasteiger partial charge in [0, 0.05) is 23.4 Å². The van der Waals surface area contributed by atoms with E-state index in [1.54, 1.807) is 24.3 Å². The largest absolute Gasteiger partial charge is 0.497 e. The highest BCUT2D eigenvalue weighted by atomic mass is 32.2. The summed E-state index contributed by atoms with van der Waals surface area (Å²) in [6.07, 6.45) is -5.01. The average Bonchev–Trinajstić information content (AvgIpc) is 3.68. The Morgan fingerprint density at radius 2 is 1.47 bits per heavy atom. The lowest BCUT2D eigenvalue weighted by Crippen LogP contribution is -2.42. The highest BCUT2D eigenvalue weighted by molar-refractivity contribution is 7.89. The molecule has 0 saturated carbocycles.